The molecule has 1 aliphatic rings. The van der Waals surface area contributed by atoms with Crippen molar-refractivity contribution in [2.45, 2.75) is 26.2 Å². The lowest BCUT2D eigenvalue weighted by atomic mass is 10.2. The highest BCUT2D eigenvalue weighted by Gasteiger charge is 2.21. The van der Waals surface area contributed by atoms with Gasteiger partial charge in [-0.3, -0.25) is 4.99 Å². The Balaban J connectivity index is 1.46. The second-order valence-electron chi connectivity index (χ2n) is 6.94. The molecule has 6 heteroatoms. The minimum atomic E-state index is 0.730. The molecule has 1 aromatic carbocycles. The average molecular weight is 387 g/mol. The predicted molar refractivity (Wildman–Crippen MR) is 113 cm³/mol. The van der Waals surface area contributed by atoms with Gasteiger partial charge < -0.3 is 15.0 Å². The molecule has 0 bridgehead atoms. The molecule has 5 nitrogen and oxygen atoms in total. The number of thiazole rings is 1. The monoisotopic (exact) mass is 386 g/mol. The third-order valence-electron chi connectivity index (χ3n) is 4.52. The third kappa shape index (κ3) is 6.63. The molecule has 0 aliphatic heterocycles. The molecule has 1 heterocycles. The van der Waals surface area contributed by atoms with Gasteiger partial charge in [-0.15, -0.1) is 11.3 Å². The predicted octanol–water partition coefficient (Wildman–Crippen LogP) is 3.68. The molecule has 2 aromatic rings. The highest BCUT2D eigenvalue weighted by Crippen LogP contribution is 2.28. The van der Waals surface area contributed by atoms with Crippen LogP contribution in [0.4, 0.5) is 0 Å². The van der Waals surface area contributed by atoms with Crippen LogP contribution in [0.25, 0.3) is 10.6 Å². The minimum absolute atomic E-state index is 0.730. The van der Waals surface area contributed by atoms with E-state index in [2.05, 4.69) is 41.7 Å². The zero-order valence-corrected chi connectivity index (χ0v) is 17.2. The normalized spacial score (nSPS) is 14.4. The summed E-state index contributed by atoms with van der Waals surface area (Å²) in [6.45, 7) is 6.21. The maximum atomic E-state index is 5.74. The van der Waals surface area contributed by atoms with Crippen molar-refractivity contribution >= 4 is 17.3 Å². The van der Waals surface area contributed by atoms with Crippen molar-refractivity contribution in [1.29, 1.82) is 0 Å². The van der Waals surface area contributed by atoms with Crippen molar-refractivity contribution in [3.63, 3.8) is 0 Å². The fourth-order valence-electron chi connectivity index (χ4n) is 2.72. The highest BCUT2D eigenvalue weighted by atomic mass is 32.1. The Labute approximate surface area is 166 Å². The van der Waals surface area contributed by atoms with Crippen LogP contribution in [0.15, 0.2) is 40.7 Å². The molecular weight excluding hydrogens is 356 g/mol. The summed E-state index contributed by atoms with van der Waals surface area (Å²) in [7, 11) is 2.07. The second-order valence-corrected chi connectivity index (χ2v) is 7.79. The number of rotatable bonds is 10. The summed E-state index contributed by atoms with van der Waals surface area (Å²) in [5, 5.41) is 6.58. The van der Waals surface area contributed by atoms with Crippen LogP contribution in [0, 0.1) is 5.92 Å². The number of aromatic nitrogens is 1. The van der Waals surface area contributed by atoms with Gasteiger partial charge in [0.25, 0.3) is 0 Å². The SMILES string of the molecule is CCNC(=NCCc1csc(-c2ccccc2)n1)N(C)CCOCC1CC1. The molecule has 0 amide bonds. The summed E-state index contributed by atoms with van der Waals surface area (Å²) in [4.78, 5) is 11.6. The second kappa shape index (κ2) is 10.4. The molecule has 1 N–H and O–H groups in total. The molecule has 1 aliphatic carbocycles. The zero-order chi connectivity index (χ0) is 18.9. The van der Waals surface area contributed by atoms with Crippen LogP contribution in [0.1, 0.15) is 25.5 Å². The lowest BCUT2D eigenvalue weighted by Gasteiger charge is -2.22. The van der Waals surface area contributed by atoms with Crippen LogP contribution in [-0.2, 0) is 11.2 Å². The van der Waals surface area contributed by atoms with Gasteiger partial charge in [0.1, 0.15) is 5.01 Å². The number of nitrogens with zero attached hydrogens (tertiary/aromatic N) is 3. The molecule has 0 radical (unpaired) electrons. The van der Waals surface area contributed by atoms with Gasteiger partial charge in [0.15, 0.2) is 5.96 Å². The van der Waals surface area contributed by atoms with E-state index in [1.54, 1.807) is 11.3 Å². The van der Waals surface area contributed by atoms with Crippen LogP contribution in [0.5, 0.6) is 0 Å². The maximum absolute atomic E-state index is 5.74. The maximum Gasteiger partial charge on any atom is 0.193 e. The number of aliphatic imine (C=N–C) groups is 1. The summed E-state index contributed by atoms with van der Waals surface area (Å²) < 4.78 is 5.74. The molecule has 146 valence electrons. The van der Waals surface area contributed by atoms with Crippen molar-refractivity contribution in [2.24, 2.45) is 10.9 Å². The van der Waals surface area contributed by atoms with E-state index in [1.165, 1.54) is 18.4 Å². The largest absolute Gasteiger partial charge is 0.379 e. The third-order valence-corrected chi connectivity index (χ3v) is 5.46. The van der Waals surface area contributed by atoms with Crippen molar-refractivity contribution in [3.8, 4) is 10.6 Å². The molecular formula is C21H30N4OS. The molecule has 1 fully saturated rings. The smallest absolute Gasteiger partial charge is 0.193 e. The van der Waals surface area contributed by atoms with Gasteiger partial charge in [0, 0.05) is 50.7 Å². The first-order valence-corrected chi connectivity index (χ1v) is 10.7. The first-order valence-electron chi connectivity index (χ1n) is 9.83. The van der Waals surface area contributed by atoms with Gasteiger partial charge in [0.05, 0.1) is 12.3 Å². The number of ether oxygens (including phenoxy) is 1. The first kappa shape index (κ1) is 19.8. The topological polar surface area (TPSA) is 49.8 Å². The number of hydrogen-bond donors (Lipinski definition) is 1. The molecule has 3 rings (SSSR count). The Hall–Kier alpha value is -1.92. The molecule has 0 unspecified atom stereocenters. The van der Waals surface area contributed by atoms with Gasteiger partial charge in [0.2, 0.25) is 0 Å². The summed E-state index contributed by atoms with van der Waals surface area (Å²) in [6.07, 6.45) is 3.52. The lowest BCUT2D eigenvalue weighted by molar-refractivity contribution is 0.115. The van der Waals surface area contributed by atoms with Gasteiger partial charge in [-0.1, -0.05) is 30.3 Å². The summed E-state index contributed by atoms with van der Waals surface area (Å²) in [6, 6.07) is 10.3. The summed E-state index contributed by atoms with van der Waals surface area (Å²) in [5.74, 6) is 1.75. The van der Waals surface area contributed by atoms with Gasteiger partial charge in [-0.25, -0.2) is 4.98 Å². The molecule has 0 atom stereocenters. The van der Waals surface area contributed by atoms with Gasteiger partial charge >= 0.3 is 0 Å². The van der Waals surface area contributed by atoms with E-state index >= 15 is 0 Å². The van der Waals surface area contributed by atoms with E-state index in [4.69, 9.17) is 14.7 Å². The lowest BCUT2D eigenvalue weighted by Crippen LogP contribution is -2.40. The van der Waals surface area contributed by atoms with Crippen molar-refractivity contribution in [1.82, 2.24) is 15.2 Å². The molecule has 1 aromatic heterocycles. The van der Waals surface area contributed by atoms with Crippen molar-refractivity contribution < 1.29 is 4.74 Å². The Kier molecular flexibility index (Phi) is 7.66. The molecule has 0 saturated heterocycles. The number of guanidine groups is 1. The Morgan fingerprint density at radius 2 is 2.15 bits per heavy atom. The Morgan fingerprint density at radius 1 is 1.33 bits per heavy atom. The average Bonchev–Trinajstić information content (AvgIpc) is 3.40. The van der Waals surface area contributed by atoms with Crippen LogP contribution in [0.3, 0.4) is 0 Å². The minimum Gasteiger partial charge on any atom is -0.379 e. The zero-order valence-electron chi connectivity index (χ0n) is 16.4. The molecule has 27 heavy (non-hydrogen) atoms. The van der Waals surface area contributed by atoms with Crippen LogP contribution >= 0.6 is 11.3 Å². The van der Waals surface area contributed by atoms with Gasteiger partial charge in [-0.05, 0) is 25.7 Å². The van der Waals surface area contributed by atoms with E-state index in [0.29, 0.717) is 0 Å². The van der Waals surface area contributed by atoms with E-state index in [0.717, 1.165) is 61.8 Å². The molecule has 0 spiro atoms. The highest BCUT2D eigenvalue weighted by molar-refractivity contribution is 7.13. The number of nitrogens with one attached hydrogen (secondary N) is 1. The van der Waals surface area contributed by atoms with Crippen LogP contribution in [-0.4, -0.2) is 55.7 Å². The van der Waals surface area contributed by atoms with Crippen molar-refractivity contribution in [3.05, 3.63) is 41.4 Å². The van der Waals surface area contributed by atoms with Gasteiger partial charge in [-0.2, -0.15) is 0 Å². The van der Waals surface area contributed by atoms with E-state index in [9.17, 15) is 0 Å². The summed E-state index contributed by atoms with van der Waals surface area (Å²) >= 11 is 1.70. The fraction of sp³-hybridized carbons (Fsp3) is 0.524. The van der Waals surface area contributed by atoms with E-state index in [-0.39, 0.29) is 0 Å². The van der Waals surface area contributed by atoms with Crippen molar-refractivity contribution in [2.75, 3.05) is 39.9 Å². The van der Waals surface area contributed by atoms with E-state index in [1.807, 2.05) is 18.2 Å². The fourth-order valence-corrected chi connectivity index (χ4v) is 3.58. The van der Waals surface area contributed by atoms with Crippen LogP contribution in [0.2, 0.25) is 0 Å². The number of likely N-dealkylation sites (N-methyl/N-ethyl adjacent to an activating group) is 1. The first-order chi connectivity index (χ1) is 13.3. The van der Waals surface area contributed by atoms with E-state index < -0.39 is 0 Å². The quantitative estimate of drug-likeness (QED) is 0.384. The Bertz CT molecular complexity index is 712. The number of benzene rings is 1. The standard InChI is InChI=1S/C21H30N4OS/c1-3-22-21(25(2)13-14-26-15-17-9-10-17)23-12-11-19-16-27-20(24-19)18-7-5-4-6-8-18/h4-8,16-17H,3,9-15H2,1-2H3,(H,22,23). The molecule has 1 saturated carbocycles. The Morgan fingerprint density at radius 3 is 2.89 bits per heavy atom. The number of hydrogen-bond acceptors (Lipinski definition) is 4. The van der Waals surface area contributed by atoms with Crippen LogP contribution < -0.4 is 5.32 Å². The summed E-state index contributed by atoms with van der Waals surface area (Å²) in [5.41, 5.74) is 2.28.